The highest BCUT2D eigenvalue weighted by Gasteiger charge is 2.33. The van der Waals surface area contributed by atoms with Gasteiger partial charge in [0.2, 0.25) is 0 Å². The van der Waals surface area contributed by atoms with Gasteiger partial charge in [0, 0.05) is 5.56 Å². The molecule has 2 rings (SSSR count). The molecule has 0 aliphatic carbocycles. The lowest BCUT2D eigenvalue weighted by atomic mass is 9.85. The van der Waals surface area contributed by atoms with Gasteiger partial charge in [-0.1, -0.05) is 72.6 Å². The minimum Gasteiger partial charge on any atom is -0.487 e. The van der Waals surface area contributed by atoms with Crippen molar-refractivity contribution in [2.24, 2.45) is 17.8 Å². The number of rotatable bonds is 16. The number of ether oxygens (including phenoxy) is 2. The molecular formula is C32H52O5. The van der Waals surface area contributed by atoms with Crippen molar-refractivity contribution in [3.63, 3.8) is 0 Å². The van der Waals surface area contributed by atoms with E-state index in [1.54, 1.807) is 0 Å². The molecule has 0 saturated carbocycles. The highest BCUT2D eigenvalue weighted by atomic mass is 16.5. The van der Waals surface area contributed by atoms with Gasteiger partial charge in [-0.15, -0.1) is 0 Å². The molecule has 1 aliphatic rings. The lowest BCUT2D eigenvalue weighted by Crippen LogP contribution is -2.36. The Hall–Kier alpha value is -2.04. The van der Waals surface area contributed by atoms with Crippen LogP contribution in [0.15, 0.2) is 6.07 Å². The van der Waals surface area contributed by atoms with Crippen LogP contribution >= 0.6 is 0 Å². The number of fused-ring (bicyclic) bond motifs is 1. The molecule has 1 N–H and O–H groups in total. The third-order valence-corrected chi connectivity index (χ3v) is 8.09. The summed E-state index contributed by atoms with van der Waals surface area (Å²) in [6.45, 7) is 15.5. The first-order valence-electron chi connectivity index (χ1n) is 14.6. The molecule has 3 atom stereocenters. The average molecular weight is 517 g/mol. The number of aryl methyl sites for hydroxylation is 1. The van der Waals surface area contributed by atoms with Gasteiger partial charge in [-0.2, -0.15) is 0 Å². The van der Waals surface area contributed by atoms with Crippen LogP contribution in [0.5, 0.6) is 11.5 Å². The van der Waals surface area contributed by atoms with Crippen LogP contribution < -0.4 is 9.47 Å². The normalized spacial score (nSPS) is 18.7. The van der Waals surface area contributed by atoms with Crippen LogP contribution in [0.3, 0.4) is 0 Å². The number of carbonyl (C=O) groups excluding carboxylic acids is 1. The second-order valence-corrected chi connectivity index (χ2v) is 12.4. The van der Waals surface area contributed by atoms with E-state index in [-0.39, 0.29) is 18.4 Å². The Bertz CT molecular complexity index is 890. The minimum absolute atomic E-state index is 0.129. The Kier molecular flexibility index (Phi) is 12.5. The van der Waals surface area contributed by atoms with Gasteiger partial charge in [-0.05, 0) is 81.4 Å². The smallest absolute Gasteiger partial charge is 0.311 e. The Morgan fingerprint density at radius 2 is 1.57 bits per heavy atom. The zero-order valence-corrected chi connectivity index (χ0v) is 24.6. The molecule has 1 aliphatic heterocycles. The van der Waals surface area contributed by atoms with Crippen LogP contribution in [0.25, 0.3) is 0 Å². The van der Waals surface area contributed by atoms with Gasteiger partial charge >= 0.3 is 11.9 Å². The molecule has 0 radical (unpaired) electrons. The Balaban J connectivity index is 1.80. The van der Waals surface area contributed by atoms with Gasteiger partial charge in [-0.25, -0.2) is 0 Å². The van der Waals surface area contributed by atoms with Crippen LogP contribution in [-0.4, -0.2) is 22.6 Å². The predicted molar refractivity (Wildman–Crippen MR) is 150 cm³/mol. The summed E-state index contributed by atoms with van der Waals surface area (Å²) in [6, 6.07) is 1.98. The molecule has 0 unspecified atom stereocenters. The van der Waals surface area contributed by atoms with E-state index in [4.69, 9.17) is 14.6 Å². The zero-order chi connectivity index (χ0) is 27.6. The zero-order valence-electron chi connectivity index (χ0n) is 24.6. The van der Waals surface area contributed by atoms with Gasteiger partial charge in [-0.3, -0.25) is 9.59 Å². The van der Waals surface area contributed by atoms with Gasteiger partial charge in [0.1, 0.15) is 17.1 Å². The number of hydrogen-bond donors (Lipinski definition) is 1. The molecule has 0 aromatic heterocycles. The molecule has 37 heavy (non-hydrogen) atoms. The number of aliphatic carboxylic acids is 1. The van der Waals surface area contributed by atoms with Crippen molar-refractivity contribution in [2.75, 3.05) is 0 Å². The van der Waals surface area contributed by atoms with Gasteiger partial charge < -0.3 is 14.6 Å². The second-order valence-electron chi connectivity index (χ2n) is 12.4. The molecule has 0 amide bonds. The second kappa shape index (κ2) is 14.8. The molecule has 210 valence electrons. The molecule has 0 fully saturated rings. The molecular weight excluding hydrogens is 464 g/mol. The SMILES string of the molecule is Cc1cc2c(c(C)c1OC(=O)CCC(=O)O)CC[C@](C)(CCC[C@@H](C)CCC[C@@H](C)CCCC(C)C)O2. The largest absolute Gasteiger partial charge is 0.487 e. The van der Waals surface area contributed by atoms with Crippen molar-refractivity contribution in [3.05, 3.63) is 22.8 Å². The van der Waals surface area contributed by atoms with Gasteiger partial charge in [0.15, 0.2) is 0 Å². The number of carboxylic acid groups (broad SMARTS) is 1. The summed E-state index contributed by atoms with van der Waals surface area (Å²) >= 11 is 0. The molecule has 1 aromatic rings. The van der Waals surface area contributed by atoms with E-state index < -0.39 is 11.9 Å². The summed E-state index contributed by atoms with van der Waals surface area (Å²) in [6.07, 6.45) is 13.1. The van der Waals surface area contributed by atoms with Crippen LogP contribution in [-0.2, 0) is 16.0 Å². The minimum atomic E-state index is -1.000. The van der Waals surface area contributed by atoms with E-state index in [2.05, 4.69) is 34.6 Å². The van der Waals surface area contributed by atoms with E-state index in [9.17, 15) is 9.59 Å². The maximum absolute atomic E-state index is 12.1. The summed E-state index contributed by atoms with van der Waals surface area (Å²) in [5, 5.41) is 8.81. The van der Waals surface area contributed by atoms with Crippen molar-refractivity contribution in [2.45, 2.75) is 138 Å². The highest BCUT2D eigenvalue weighted by molar-refractivity contribution is 5.78. The van der Waals surface area contributed by atoms with Gasteiger partial charge in [0.25, 0.3) is 0 Å². The number of carboxylic acids is 1. The van der Waals surface area contributed by atoms with Crippen molar-refractivity contribution in [1.82, 2.24) is 0 Å². The molecule has 5 heteroatoms. The Morgan fingerprint density at radius 3 is 2.16 bits per heavy atom. The molecule has 0 bridgehead atoms. The van der Waals surface area contributed by atoms with Crippen molar-refractivity contribution in [1.29, 1.82) is 0 Å². The van der Waals surface area contributed by atoms with Crippen LogP contribution in [0.1, 0.15) is 128 Å². The van der Waals surface area contributed by atoms with E-state index in [1.165, 1.54) is 51.4 Å². The van der Waals surface area contributed by atoms with Crippen LogP contribution in [0, 0.1) is 31.6 Å². The average Bonchev–Trinajstić information content (AvgIpc) is 2.80. The van der Waals surface area contributed by atoms with Crippen LogP contribution in [0.2, 0.25) is 0 Å². The fraction of sp³-hybridized carbons (Fsp3) is 0.750. The van der Waals surface area contributed by atoms with E-state index in [0.29, 0.717) is 5.75 Å². The molecule has 0 saturated heterocycles. The summed E-state index contributed by atoms with van der Waals surface area (Å²) in [5.41, 5.74) is 2.69. The van der Waals surface area contributed by atoms with E-state index in [0.717, 1.165) is 59.5 Å². The molecule has 5 nitrogen and oxygen atoms in total. The number of esters is 1. The third kappa shape index (κ3) is 10.7. The fourth-order valence-corrected chi connectivity index (χ4v) is 5.58. The standard InChI is InChI=1S/C32H52O5/c1-22(2)11-8-12-23(3)13-9-14-24(4)15-10-19-32(7)20-18-27-26(6)31(25(5)21-28(27)37-32)36-30(35)17-16-29(33)34/h21-24H,8-20H2,1-7H3,(H,33,34)/t23-,24-,32-/m0/s1. The number of benzene rings is 1. The monoisotopic (exact) mass is 516 g/mol. The van der Waals surface area contributed by atoms with Gasteiger partial charge in [0.05, 0.1) is 12.8 Å². The molecule has 0 spiro atoms. The molecule has 1 aromatic carbocycles. The van der Waals surface area contributed by atoms with E-state index in [1.807, 2.05) is 19.9 Å². The first kappa shape index (κ1) is 31.2. The summed E-state index contributed by atoms with van der Waals surface area (Å²) in [5.74, 6) is 2.36. The first-order valence-corrected chi connectivity index (χ1v) is 14.6. The van der Waals surface area contributed by atoms with Crippen molar-refractivity contribution in [3.8, 4) is 11.5 Å². The number of hydrogen-bond acceptors (Lipinski definition) is 4. The topological polar surface area (TPSA) is 72.8 Å². The van der Waals surface area contributed by atoms with E-state index >= 15 is 0 Å². The summed E-state index contributed by atoms with van der Waals surface area (Å²) < 4.78 is 12.1. The Labute approximate surface area is 225 Å². The van der Waals surface area contributed by atoms with Crippen molar-refractivity contribution >= 4 is 11.9 Å². The summed E-state index contributed by atoms with van der Waals surface area (Å²) in [7, 11) is 0. The maximum Gasteiger partial charge on any atom is 0.311 e. The lowest BCUT2D eigenvalue weighted by Gasteiger charge is -2.37. The quantitative estimate of drug-likeness (QED) is 0.176. The highest BCUT2D eigenvalue weighted by Crippen LogP contribution is 2.42. The third-order valence-electron chi connectivity index (χ3n) is 8.09. The van der Waals surface area contributed by atoms with Crippen LogP contribution in [0.4, 0.5) is 0 Å². The Morgan fingerprint density at radius 1 is 0.973 bits per heavy atom. The summed E-state index contributed by atoms with van der Waals surface area (Å²) in [4.78, 5) is 22.9. The fourth-order valence-electron chi connectivity index (χ4n) is 5.58. The first-order chi connectivity index (χ1) is 17.4. The predicted octanol–water partition coefficient (Wildman–Crippen LogP) is 8.60. The molecule has 1 heterocycles. The number of carbonyl (C=O) groups is 2. The maximum atomic E-state index is 12.1. The van der Waals surface area contributed by atoms with Crippen molar-refractivity contribution < 1.29 is 24.2 Å². The lowest BCUT2D eigenvalue weighted by molar-refractivity contribution is -0.142.